The molecule has 0 radical (unpaired) electrons. The lowest BCUT2D eigenvalue weighted by Gasteiger charge is -2.14. The van der Waals surface area contributed by atoms with Crippen LogP contribution in [-0.4, -0.2) is 9.97 Å². The molecule has 0 aliphatic carbocycles. The Morgan fingerprint density at radius 1 is 1.00 bits per heavy atom. The van der Waals surface area contributed by atoms with Gasteiger partial charge in [-0.25, -0.2) is 0 Å². The highest BCUT2D eigenvalue weighted by Crippen LogP contribution is 2.23. The third-order valence-corrected chi connectivity index (χ3v) is 3.26. The van der Waals surface area contributed by atoms with Gasteiger partial charge in [0.15, 0.2) is 0 Å². The Morgan fingerprint density at radius 2 is 1.89 bits per heavy atom. The molecule has 2 N–H and O–H groups in total. The fourth-order valence-electron chi connectivity index (χ4n) is 2.32. The summed E-state index contributed by atoms with van der Waals surface area (Å²) in [6.07, 6.45) is 6.24. The van der Waals surface area contributed by atoms with Crippen molar-refractivity contribution in [1.29, 1.82) is 0 Å². The summed E-state index contributed by atoms with van der Waals surface area (Å²) in [5.74, 6) is 0. The van der Waals surface area contributed by atoms with Crippen molar-refractivity contribution < 1.29 is 0 Å². The molecule has 0 saturated heterocycles. The summed E-state index contributed by atoms with van der Waals surface area (Å²) in [5.41, 5.74) is 9.61. The van der Waals surface area contributed by atoms with Gasteiger partial charge in [0.05, 0.1) is 5.52 Å². The van der Waals surface area contributed by atoms with Crippen LogP contribution in [0, 0.1) is 0 Å². The maximum Gasteiger partial charge on any atom is 0.0705 e. The van der Waals surface area contributed by atoms with Crippen LogP contribution in [0.25, 0.3) is 10.9 Å². The average molecular weight is 249 g/mol. The molecule has 0 fully saturated rings. The molecule has 19 heavy (non-hydrogen) atoms. The summed E-state index contributed by atoms with van der Waals surface area (Å²) in [6.45, 7) is 0. The smallest absolute Gasteiger partial charge is 0.0705 e. The van der Waals surface area contributed by atoms with Crippen LogP contribution in [-0.2, 0) is 6.42 Å². The molecular formula is C16H15N3. The van der Waals surface area contributed by atoms with Crippen LogP contribution in [0.3, 0.4) is 0 Å². The van der Waals surface area contributed by atoms with E-state index < -0.39 is 0 Å². The molecule has 0 aliphatic rings. The molecule has 1 aromatic carbocycles. The first-order valence-electron chi connectivity index (χ1n) is 6.33. The zero-order valence-corrected chi connectivity index (χ0v) is 10.5. The lowest BCUT2D eigenvalue weighted by molar-refractivity contribution is 0.725. The van der Waals surface area contributed by atoms with E-state index >= 15 is 0 Å². The summed E-state index contributed by atoms with van der Waals surface area (Å²) >= 11 is 0. The number of hydrogen-bond acceptors (Lipinski definition) is 3. The van der Waals surface area contributed by atoms with Gasteiger partial charge in [-0.15, -0.1) is 0 Å². The minimum Gasteiger partial charge on any atom is -0.324 e. The summed E-state index contributed by atoms with van der Waals surface area (Å²) in [7, 11) is 0. The molecule has 0 saturated carbocycles. The predicted molar refractivity (Wildman–Crippen MR) is 76.6 cm³/mol. The van der Waals surface area contributed by atoms with Gasteiger partial charge in [-0.1, -0.05) is 24.3 Å². The molecule has 0 bridgehead atoms. The van der Waals surface area contributed by atoms with Crippen molar-refractivity contribution >= 4 is 10.9 Å². The van der Waals surface area contributed by atoms with E-state index in [1.807, 2.05) is 42.7 Å². The van der Waals surface area contributed by atoms with Crippen LogP contribution in [0.15, 0.2) is 61.1 Å². The Labute approximate surface area is 112 Å². The molecule has 0 aliphatic heterocycles. The molecule has 3 nitrogen and oxygen atoms in total. The second-order valence-corrected chi connectivity index (χ2v) is 4.59. The van der Waals surface area contributed by atoms with E-state index in [9.17, 15) is 0 Å². The quantitative estimate of drug-likeness (QED) is 0.776. The second kappa shape index (κ2) is 5.16. The minimum atomic E-state index is -0.0444. The topological polar surface area (TPSA) is 51.8 Å². The van der Waals surface area contributed by atoms with Crippen LogP contribution in [0.4, 0.5) is 0 Å². The number of nitrogens with two attached hydrogens (primary N) is 1. The van der Waals surface area contributed by atoms with Crippen LogP contribution < -0.4 is 5.73 Å². The van der Waals surface area contributed by atoms with Crippen LogP contribution in [0.1, 0.15) is 17.2 Å². The first-order chi connectivity index (χ1) is 9.34. The molecule has 3 heteroatoms. The maximum absolute atomic E-state index is 6.34. The number of rotatable bonds is 3. The Balaban J connectivity index is 1.96. The van der Waals surface area contributed by atoms with Gasteiger partial charge in [0.1, 0.15) is 0 Å². The third-order valence-electron chi connectivity index (χ3n) is 3.26. The van der Waals surface area contributed by atoms with E-state index in [-0.39, 0.29) is 6.04 Å². The van der Waals surface area contributed by atoms with Gasteiger partial charge >= 0.3 is 0 Å². The van der Waals surface area contributed by atoms with Crippen molar-refractivity contribution in [3.8, 4) is 0 Å². The lowest BCUT2D eigenvalue weighted by atomic mass is 9.97. The normalized spacial score (nSPS) is 12.5. The maximum atomic E-state index is 6.34. The van der Waals surface area contributed by atoms with E-state index in [0.717, 1.165) is 28.5 Å². The highest BCUT2D eigenvalue weighted by molar-refractivity contribution is 5.82. The molecule has 0 spiro atoms. The van der Waals surface area contributed by atoms with E-state index in [2.05, 4.69) is 22.1 Å². The SMILES string of the molecule is NC(Cc1cccnc1)c1ccnc2ccccc12. The number of benzene rings is 1. The van der Waals surface area contributed by atoms with Crippen molar-refractivity contribution in [2.45, 2.75) is 12.5 Å². The molecule has 2 aromatic heterocycles. The second-order valence-electron chi connectivity index (χ2n) is 4.59. The third kappa shape index (κ3) is 2.46. The molecule has 3 rings (SSSR count). The highest BCUT2D eigenvalue weighted by atomic mass is 14.7. The fraction of sp³-hybridized carbons (Fsp3) is 0.125. The predicted octanol–water partition coefficient (Wildman–Crippen LogP) is 2.87. The van der Waals surface area contributed by atoms with Gasteiger partial charge in [0, 0.05) is 30.0 Å². The molecule has 94 valence electrons. The van der Waals surface area contributed by atoms with E-state index in [1.165, 1.54) is 0 Å². The Hall–Kier alpha value is -2.26. The molecule has 0 amide bonds. The van der Waals surface area contributed by atoms with Crippen molar-refractivity contribution in [1.82, 2.24) is 9.97 Å². The van der Waals surface area contributed by atoms with Crippen molar-refractivity contribution in [2.24, 2.45) is 5.73 Å². The van der Waals surface area contributed by atoms with Gasteiger partial charge in [-0.05, 0) is 35.7 Å². The average Bonchev–Trinajstić information content (AvgIpc) is 2.47. The van der Waals surface area contributed by atoms with Crippen molar-refractivity contribution in [3.63, 3.8) is 0 Å². The monoisotopic (exact) mass is 249 g/mol. The van der Waals surface area contributed by atoms with Crippen molar-refractivity contribution in [2.75, 3.05) is 0 Å². The van der Waals surface area contributed by atoms with Gasteiger partial charge in [0.25, 0.3) is 0 Å². The van der Waals surface area contributed by atoms with Crippen molar-refractivity contribution in [3.05, 3.63) is 72.2 Å². The van der Waals surface area contributed by atoms with Crippen LogP contribution in [0.2, 0.25) is 0 Å². The summed E-state index contributed by atoms with van der Waals surface area (Å²) in [6, 6.07) is 14.0. The first-order valence-corrected chi connectivity index (χ1v) is 6.33. The van der Waals surface area contributed by atoms with Crippen LogP contribution in [0.5, 0.6) is 0 Å². The van der Waals surface area contributed by atoms with Gasteiger partial charge in [-0.3, -0.25) is 9.97 Å². The Morgan fingerprint density at radius 3 is 2.74 bits per heavy atom. The molecule has 1 atom stereocenters. The molecule has 1 unspecified atom stereocenters. The molecule has 3 aromatic rings. The number of hydrogen-bond donors (Lipinski definition) is 1. The zero-order chi connectivity index (χ0) is 13.1. The Kier molecular flexibility index (Phi) is 3.21. The number of aromatic nitrogens is 2. The summed E-state index contributed by atoms with van der Waals surface area (Å²) < 4.78 is 0. The number of fused-ring (bicyclic) bond motifs is 1. The summed E-state index contributed by atoms with van der Waals surface area (Å²) in [4.78, 5) is 8.49. The number of nitrogens with zero attached hydrogens (tertiary/aromatic N) is 2. The summed E-state index contributed by atoms with van der Waals surface area (Å²) in [5, 5.41) is 1.13. The largest absolute Gasteiger partial charge is 0.324 e. The van der Waals surface area contributed by atoms with E-state index in [1.54, 1.807) is 6.20 Å². The lowest BCUT2D eigenvalue weighted by Crippen LogP contribution is -2.14. The van der Waals surface area contributed by atoms with E-state index in [0.29, 0.717) is 0 Å². The van der Waals surface area contributed by atoms with Gasteiger partial charge in [-0.2, -0.15) is 0 Å². The number of pyridine rings is 2. The minimum absolute atomic E-state index is 0.0444. The van der Waals surface area contributed by atoms with Gasteiger partial charge in [0.2, 0.25) is 0 Å². The fourth-order valence-corrected chi connectivity index (χ4v) is 2.32. The van der Waals surface area contributed by atoms with E-state index in [4.69, 9.17) is 5.73 Å². The first kappa shape index (κ1) is 11.8. The molecule has 2 heterocycles. The zero-order valence-electron chi connectivity index (χ0n) is 10.5. The standard InChI is InChI=1S/C16H15N3/c17-15(10-12-4-3-8-18-11-12)13-7-9-19-16-6-2-1-5-14(13)16/h1-9,11,15H,10,17H2. The Bertz CT molecular complexity index is 674. The molecular weight excluding hydrogens is 234 g/mol. The van der Waals surface area contributed by atoms with Crippen LogP contribution >= 0.6 is 0 Å². The number of para-hydroxylation sites is 1. The van der Waals surface area contributed by atoms with Gasteiger partial charge < -0.3 is 5.73 Å². The highest BCUT2D eigenvalue weighted by Gasteiger charge is 2.10.